The normalized spacial score (nSPS) is 14.3. The van der Waals surface area contributed by atoms with Crippen molar-refractivity contribution in [2.45, 2.75) is 19.3 Å². The van der Waals surface area contributed by atoms with E-state index < -0.39 is 0 Å². The maximum atomic E-state index is 6.43. The summed E-state index contributed by atoms with van der Waals surface area (Å²) in [5.41, 5.74) is 8.17. The van der Waals surface area contributed by atoms with Crippen LogP contribution in [-0.2, 0) is 5.41 Å². The zero-order valence-electron chi connectivity index (χ0n) is 19.0. The third-order valence-electron chi connectivity index (χ3n) is 7.06. The molecule has 3 heteroatoms. The first-order valence-corrected chi connectivity index (χ1v) is 11.5. The van der Waals surface area contributed by atoms with Gasteiger partial charge in [0.25, 0.3) is 0 Å². The van der Waals surface area contributed by atoms with Crippen LogP contribution in [0, 0.1) is 0 Å². The summed E-state index contributed by atoms with van der Waals surface area (Å²) in [6.07, 6.45) is 1.70. The first-order chi connectivity index (χ1) is 16.6. The highest BCUT2D eigenvalue weighted by atomic mass is 16.6. The predicted molar refractivity (Wildman–Crippen MR) is 134 cm³/mol. The number of hydrogen-bond acceptors (Lipinski definition) is 3. The lowest BCUT2D eigenvalue weighted by atomic mass is 9.82. The van der Waals surface area contributed by atoms with Crippen molar-refractivity contribution in [3.8, 4) is 56.6 Å². The average molecular weight is 443 g/mol. The lowest BCUT2D eigenvalue weighted by molar-refractivity contribution is 0.359. The Balaban J connectivity index is 1.32. The molecule has 0 amide bonds. The van der Waals surface area contributed by atoms with E-state index >= 15 is 0 Å². The Morgan fingerprint density at radius 1 is 0.529 bits per heavy atom. The molecule has 4 aromatic carbocycles. The molecule has 0 spiro atoms. The molecular weight excluding hydrogens is 420 g/mol. The van der Waals surface area contributed by atoms with Crippen molar-refractivity contribution < 1.29 is 13.9 Å². The van der Waals surface area contributed by atoms with Crippen LogP contribution in [0.2, 0.25) is 0 Å². The second kappa shape index (κ2) is 6.88. The summed E-state index contributed by atoms with van der Waals surface area (Å²) < 4.78 is 18.4. The van der Waals surface area contributed by atoms with Crippen molar-refractivity contribution in [3.63, 3.8) is 0 Å². The minimum atomic E-state index is -0.0794. The zero-order chi connectivity index (χ0) is 22.9. The Labute approximate surface area is 198 Å². The van der Waals surface area contributed by atoms with E-state index in [1.807, 2.05) is 36.4 Å². The monoisotopic (exact) mass is 442 g/mol. The summed E-state index contributed by atoms with van der Waals surface area (Å²) in [6, 6.07) is 31.1. The highest BCUT2D eigenvalue weighted by Gasteiger charge is 2.37. The van der Waals surface area contributed by atoms with Gasteiger partial charge in [0.15, 0.2) is 23.0 Å². The van der Waals surface area contributed by atoms with E-state index in [2.05, 4.69) is 68.4 Å². The molecule has 2 aliphatic rings. The van der Waals surface area contributed by atoms with Gasteiger partial charge in [-0.2, -0.15) is 0 Å². The third-order valence-corrected chi connectivity index (χ3v) is 7.06. The van der Waals surface area contributed by atoms with Crippen LogP contribution in [0.25, 0.3) is 33.6 Å². The van der Waals surface area contributed by atoms with Gasteiger partial charge >= 0.3 is 0 Å². The number of fused-ring (bicyclic) bond motifs is 5. The first kappa shape index (κ1) is 19.2. The molecule has 1 aliphatic carbocycles. The van der Waals surface area contributed by atoms with E-state index in [1.165, 1.54) is 22.3 Å². The van der Waals surface area contributed by atoms with E-state index in [0.717, 1.165) is 39.7 Å². The molecule has 34 heavy (non-hydrogen) atoms. The topological polar surface area (TPSA) is 31.6 Å². The van der Waals surface area contributed by atoms with Crippen LogP contribution < -0.4 is 9.47 Å². The molecule has 0 bridgehead atoms. The highest BCUT2D eigenvalue weighted by Crippen LogP contribution is 2.55. The Bertz CT molecular complexity index is 1570. The number of hydrogen-bond donors (Lipinski definition) is 0. The van der Waals surface area contributed by atoms with Gasteiger partial charge in [-0.3, -0.25) is 0 Å². The molecule has 0 unspecified atom stereocenters. The van der Waals surface area contributed by atoms with Gasteiger partial charge < -0.3 is 13.9 Å². The molecule has 0 radical (unpaired) electrons. The van der Waals surface area contributed by atoms with Crippen LogP contribution in [0.5, 0.6) is 23.0 Å². The molecule has 0 saturated heterocycles. The molecule has 0 atom stereocenters. The van der Waals surface area contributed by atoms with Crippen molar-refractivity contribution in [3.05, 3.63) is 108 Å². The molecular formula is C31H22O3. The Morgan fingerprint density at radius 2 is 1.24 bits per heavy atom. The Hall–Kier alpha value is -4.24. The minimum absolute atomic E-state index is 0.0794. The zero-order valence-corrected chi connectivity index (χ0v) is 19.0. The maximum Gasteiger partial charge on any atom is 0.170 e. The van der Waals surface area contributed by atoms with E-state index in [-0.39, 0.29) is 5.41 Å². The highest BCUT2D eigenvalue weighted by molar-refractivity contribution is 5.85. The van der Waals surface area contributed by atoms with Gasteiger partial charge in [-0.1, -0.05) is 68.4 Å². The molecule has 1 aromatic heterocycles. The molecule has 5 aromatic rings. The Morgan fingerprint density at radius 3 is 2.06 bits per heavy atom. The van der Waals surface area contributed by atoms with Gasteiger partial charge in [-0.15, -0.1) is 0 Å². The van der Waals surface area contributed by atoms with Crippen molar-refractivity contribution in [1.29, 1.82) is 0 Å². The number of furan rings is 1. The molecule has 0 N–H and O–H groups in total. The van der Waals surface area contributed by atoms with Crippen LogP contribution in [0.3, 0.4) is 0 Å². The van der Waals surface area contributed by atoms with Gasteiger partial charge in [0.2, 0.25) is 0 Å². The summed E-state index contributed by atoms with van der Waals surface area (Å²) >= 11 is 0. The largest absolute Gasteiger partial charge is 0.464 e. The maximum absolute atomic E-state index is 6.43. The number of benzene rings is 4. The number of ether oxygens (including phenoxy) is 2. The Kier molecular flexibility index (Phi) is 3.89. The SMILES string of the molecule is CC1(C)c2ccccc2-c2cc3c(cc21)Oc1ccc(-c2ccccc2-c2ccco2)cc1O3. The van der Waals surface area contributed by atoms with E-state index in [9.17, 15) is 0 Å². The molecule has 164 valence electrons. The fourth-order valence-electron chi connectivity index (χ4n) is 5.33. The molecule has 3 nitrogen and oxygen atoms in total. The summed E-state index contributed by atoms with van der Waals surface area (Å²) in [4.78, 5) is 0. The summed E-state index contributed by atoms with van der Waals surface area (Å²) in [6.45, 7) is 4.54. The molecule has 1 aliphatic heterocycles. The van der Waals surface area contributed by atoms with E-state index in [1.54, 1.807) is 6.26 Å². The quantitative estimate of drug-likeness (QED) is 0.268. The van der Waals surface area contributed by atoms with Gasteiger partial charge in [0.05, 0.1) is 6.26 Å². The van der Waals surface area contributed by atoms with Crippen molar-refractivity contribution in [1.82, 2.24) is 0 Å². The van der Waals surface area contributed by atoms with Crippen molar-refractivity contribution >= 4 is 0 Å². The fraction of sp³-hybridized carbons (Fsp3) is 0.0968. The number of rotatable bonds is 2. The smallest absolute Gasteiger partial charge is 0.170 e. The van der Waals surface area contributed by atoms with Crippen LogP contribution in [-0.4, -0.2) is 0 Å². The molecule has 0 saturated carbocycles. The van der Waals surface area contributed by atoms with Crippen molar-refractivity contribution in [2.24, 2.45) is 0 Å². The van der Waals surface area contributed by atoms with Gasteiger partial charge in [0, 0.05) is 11.0 Å². The second-order valence-electron chi connectivity index (χ2n) is 9.40. The second-order valence-corrected chi connectivity index (χ2v) is 9.40. The fourth-order valence-corrected chi connectivity index (χ4v) is 5.33. The summed E-state index contributed by atoms with van der Waals surface area (Å²) in [5.74, 6) is 3.78. The minimum Gasteiger partial charge on any atom is -0.464 e. The average Bonchev–Trinajstić information content (AvgIpc) is 3.47. The third kappa shape index (κ3) is 2.70. The summed E-state index contributed by atoms with van der Waals surface area (Å²) in [5, 5.41) is 0. The van der Waals surface area contributed by atoms with Gasteiger partial charge in [0.1, 0.15) is 5.76 Å². The van der Waals surface area contributed by atoms with Gasteiger partial charge in [-0.25, -0.2) is 0 Å². The van der Waals surface area contributed by atoms with Crippen LogP contribution >= 0.6 is 0 Å². The van der Waals surface area contributed by atoms with Crippen LogP contribution in [0.15, 0.2) is 102 Å². The van der Waals surface area contributed by atoms with Crippen LogP contribution in [0.4, 0.5) is 0 Å². The molecule has 2 heterocycles. The standard InChI is InChI=1S/C31H22O3/c1-31(2)24-11-6-5-9-21(24)23-17-29-30(18-25(23)31)33-27-14-13-19(16-28(27)34-29)20-8-3-4-10-22(20)26-12-7-15-32-26/h3-18H,1-2H3. The lowest BCUT2D eigenvalue weighted by Gasteiger charge is -2.25. The van der Waals surface area contributed by atoms with Gasteiger partial charge in [-0.05, 0) is 69.8 Å². The van der Waals surface area contributed by atoms with Crippen LogP contribution in [0.1, 0.15) is 25.0 Å². The van der Waals surface area contributed by atoms with E-state index in [4.69, 9.17) is 13.9 Å². The molecule has 0 fully saturated rings. The van der Waals surface area contributed by atoms with Crippen molar-refractivity contribution in [2.75, 3.05) is 0 Å². The first-order valence-electron chi connectivity index (χ1n) is 11.5. The summed E-state index contributed by atoms with van der Waals surface area (Å²) in [7, 11) is 0. The van der Waals surface area contributed by atoms with E-state index in [0.29, 0.717) is 5.75 Å². The lowest BCUT2D eigenvalue weighted by Crippen LogP contribution is -2.15. The predicted octanol–water partition coefficient (Wildman–Crippen LogP) is 8.82. The molecule has 7 rings (SSSR count).